The van der Waals surface area contributed by atoms with Crippen molar-refractivity contribution < 1.29 is 27.9 Å². The Bertz CT molecular complexity index is 645. The second-order valence-corrected chi connectivity index (χ2v) is 6.66. The lowest BCUT2D eigenvalue weighted by Gasteiger charge is -2.39. The Balaban J connectivity index is 2.09. The molecule has 0 saturated carbocycles. The van der Waals surface area contributed by atoms with E-state index in [4.69, 9.17) is 0 Å². The average Bonchev–Trinajstić information content (AvgIpc) is 2.53. The van der Waals surface area contributed by atoms with E-state index in [0.29, 0.717) is 24.9 Å². The van der Waals surface area contributed by atoms with Gasteiger partial charge in [0.15, 0.2) is 0 Å². The van der Waals surface area contributed by atoms with E-state index in [0.717, 1.165) is 12.1 Å². The maximum Gasteiger partial charge on any atom is 0.416 e. The summed E-state index contributed by atoms with van der Waals surface area (Å²) in [5, 5.41) is 9.24. The van der Waals surface area contributed by atoms with Crippen LogP contribution in [0.2, 0.25) is 0 Å². The number of carboxylic acids is 1. The van der Waals surface area contributed by atoms with E-state index < -0.39 is 35.6 Å². The Kier molecular flexibility index (Phi) is 5.75. The molecule has 2 rings (SSSR count). The normalized spacial score (nSPS) is 22.5. The fourth-order valence-corrected chi connectivity index (χ4v) is 3.38. The molecule has 0 bridgehead atoms. The molecule has 1 heterocycles. The van der Waals surface area contributed by atoms with Gasteiger partial charge in [-0.25, -0.2) is 0 Å². The van der Waals surface area contributed by atoms with Crippen LogP contribution in [0.3, 0.4) is 0 Å². The van der Waals surface area contributed by atoms with Gasteiger partial charge >= 0.3 is 12.1 Å². The molecule has 0 radical (unpaired) electrons. The number of carbonyl (C=O) groups excluding carboxylic acids is 1. The molecule has 1 aromatic rings. The van der Waals surface area contributed by atoms with E-state index in [1.165, 1.54) is 6.07 Å². The van der Waals surface area contributed by atoms with Crippen LogP contribution < -0.4 is 0 Å². The fourth-order valence-electron chi connectivity index (χ4n) is 3.38. The van der Waals surface area contributed by atoms with Crippen LogP contribution in [0.15, 0.2) is 24.3 Å². The molecule has 0 spiro atoms. The van der Waals surface area contributed by atoms with Crippen LogP contribution >= 0.6 is 0 Å². The van der Waals surface area contributed by atoms with Gasteiger partial charge in [-0.2, -0.15) is 13.2 Å². The molecule has 3 atom stereocenters. The molecule has 4 nitrogen and oxygen atoms in total. The standard InChI is InChI=1S/C18H22F3NO3/c1-11(9-13-5-3-6-14(10-13)18(19,20)21)16(23)22-8-4-7-15(12(22)2)17(24)25/h3,5-6,10-12,15H,4,7-9H2,1-2H3,(H,24,25)/t11?,12-,15-/m0/s1. The molecule has 1 unspecified atom stereocenters. The van der Waals surface area contributed by atoms with Crippen molar-refractivity contribution in [1.29, 1.82) is 0 Å². The second kappa shape index (κ2) is 7.45. The molecule has 1 aliphatic heterocycles. The number of benzene rings is 1. The minimum atomic E-state index is -4.42. The predicted octanol–water partition coefficient (Wildman–Crippen LogP) is 3.60. The van der Waals surface area contributed by atoms with Crippen molar-refractivity contribution in [3.63, 3.8) is 0 Å². The number of aliphatic carboxylic acids is 1. The third-order valence-electron chi connectivity index (χ3n) is 4.81. The van der Waals surface area contributed by atoms with Crippen LogP contribution in [-0.4, -0.2) is 34.5 Å². The fraction of sp³-hybridized carbons (Fsp3) is 0.556. The summed E-state index contributed by atoms with van der Waals surface area (Å²) in [5.74, 6) is -2.25. The van der Waals surface area contributed by atoms with E-state index in [1.807, 2.05) is 0 Å². The third kappa shape index (κ3) is 4.52. The molecular weight excluding hydrogens is 335 g/mol. The number of hydrogen-bond donors (Lipinski definition) is 1. The number of halogens is 3. The maximum absolute atomic E-state index is 12.8. The van der Waals surface area contributed by atoms with Gasteiger partial charge in [0.2, 0.25) is 5.91 Å². The second-order valence-electron chi connectivity index (χ2n) is 6.66. The number of carbonyl (C=O) groups is 2. The Morgan fingerprint density at radius 3 is 2.64 bits per heavy atom. The average molecular weight is 357 g/mol. The highest BCUT2D eigenvalue weighted by Crippen LogP contribution is 2.30. The summed E-state index contributed by atoms with van der Waals surface area (Å²) in [6.45, 7) is 3.86. The molecule has 1 amide bonds. The number of carboxylic acid groups (broad SMARTS) is 1. The van der Waals surface area contributed by atoms with Gasteiger partial charge in [0.05, 0.1) is 11.5 Å². The van der Waals surface area contributed by atoms with Crippen molar-refractivity contribution in [3.8, 4) is 0 Å². The lowest BCUT2D eigenvalue weighted by atomic mass is 9.88. The zero-order chi connectivity index (χ0) is 18.8. The van der Waals surface area contributed by atoms with E-state index in [9.17, 15) is 27.9 Å². The molecule has 7 heteroatoms. The van der Waals surface area contributed by atoms with E-state index in [2.05, 4.69) is 0 Å². The lowest BCUT2D eigenvalue weighted by Crippen LogP contribution is -2.50. The van der Waals surface area contributed by atoms with Crippen LogP contribution in [0.4, 0.5) is 13.2 Å². The van der Waals surface area contributed by atoms with Crippen molar-refractivity contribution in [3.05, 3.63) is 35.4 Å². The predicted molar refractivity (Wildman–Crippen MR) is 85.8 cm³/mol. The summed E-state index contributed by atoms with van der Waals surface area (Å²) >= 11 is 0. The minimum absolute atomic E-state index is 0.184. The number of rotatable bonds is 4. The van der Waals surface area contributed by atoms with Crippen LogP contribution in [0.5, 0.6) is 0 Å². The summed E-state index contributed by atoms with van der Waals surface area (Å²) in [6.07, 6.45) is -3.09. The zero-order valence-corrected chi connectivity index (χ0v) is 14.2. The number of nitrogens with zero attached hydrogens (tertiary/aromatic N) is 1. The smallest absolute Gasteiger partial charge is 0.416 e. The highest BCUT2D eigenvalue weighted by Gasteiger charge is 2.37. The number of hydrogen-bond acceptors (Lipinski definition) is 2. The first-order valence-corrected chi connectivity index (χ1v) is 8.30. The first kappa shape index (κ1) is 19.3. The van der Waals surface area contributed by atoms with Crippen molar-refractivity contribution >= 4 is 11.9 Å². The van der Waals surface area contributed by atoms with E-state index in [-0.39, 0.29) is 12.3 Å². The topological polar surface area (TPSA) is 57.6 Å². The maximum atomic E-state index is 12.8. The zero-order valence-electron chi connectivity index (χ0n) is 14.2. The number of likely N-dealkylation sites (tertiary alicyclic amines) is 1. The van der Waals surface area contributed by atoms with Crippen molar-refractivity contribution in [2.75, 3.05) is 6.54 Å². The first-order chi connectivity index (χ1) is 11.6. The molecule has 0 aromatic heterocycles. The lowest BCUT2D eigenvalue weighted by molar-refractivity contribution is -0.150. The van der Waals surface area contributed by atoms with E-state index >= 15 is 0 Å². The number of piperidine rings is 1. The van der Waals surface area contributed by atoms with Gasteiger partial charge in [-0.3, -0.25) is 9.59 Å². The monoisotopic (exact) mass is 357 g/mol. The summed E-state index contributed by atoms with van der Waals surface area (Å²) in [4.78, 5) is 25.5. The largest absolute Gasteiger partial charge is 0.481 e. The molecule has 0 aliphatic carbocycles. The van der Waals surface area contributed by atoms with Crippen LogP contribution in [0, 0.1) is 11.8 Å². The summed E-state index contributed by atoms with van der Waals surface area (Å²) in [6, 6.07) is 4.55. The highest BCUT2D eigenvalue weighted by molar-refractivity contribution is 5.80. The molecule has 1 fully saturated rings. The summed E-state index contributed by atoms with van der Waals surface area (Å²) in [5.41, 5.74) is -0.294. The van der Waals surface area contributed by atoms with Gasteiger partial charge in [0.25, 0.3) is 0 Å². The van der Waals surface area contributed by atoms with Crippen molar-refractivity contribution in [2.24, 2.45) is 11.8 Å². The molecule has 1 aliphatic rings. The minimum Gasteiger partial charge on any atom is -0.481 e. The van der Waals surface area contributed by atoms with Gasteiger partial charge in [-0.15, -0.1) is 0 Å². The van der Waals surface area contributed by atoms with Crippen LogP contribution in [-0.2, 0) is 22.2 Å². The SMILES string of the molecule is CC(Cc1cccc(C(F)(F)F)c1)C(=O)N1CCC[C@H](C(=O)O)[C@@H]1C. The Labute approximate surface area is 144 Å². The Morgan fingerprint density at radius 2 is 2.04 bits per heavy atom. The molecule has 138 valence electrons. The van der Waals surface area contributed by atoms with Crippen LogP contribution in [0.1, 0.15) is 37.8 Å². The highest BCUT2D eigenvalue weighted by atomic mass is 19.4. The van der Waals surface area contributed by atoms with Gasteiger partial charge < -0.3 is 10.0 Å². The van der Waals surface area contributed by atoms with Gasteiger partial charge in [0.1, 0.15) is 0 Å². The first-order valence-electron chi connectivity index (χ1n) is 8.30. The number of amides is 1. The van der Waals surface area contributed by atoms with Gasteiger partial charge in [-0.1, -0.05) is 25.1 Å². The molecule has 1 N–H and O–H groups in total. The summed E-state index contributed by atoms with van der Waals surface area (Å²) in [7, 11) is 0. The summed E-state index contributed by atoms with van der Waals surface area (Å²) < 4.78 is 38.4. The van der Waals surface area contributed by atoms with E-state index in [1.54, 1.807) is 24.8 Å². The van der Waals surface area contributed by atoms with Gasteiger partial charge in [0, 0.05) is 18.5 Å². The van der Waals surface area contributed by atoms with Gasteiger partial charge in [-0.05, 0) is 37.8 Å². The Morgan fingerprint density at radius 1 is 1.36 bits per heavy atom. The number of alkyl halides is 3. The Hall–Kier alpha value is -2.05. The molecular formula is C18H22F3NO3. The quantitative estimate of drug-likeness (QED) is 0.896. The molecule has 1 saturated heterocycles. The van der Waals surface area contributed by atoms with Crippen molar-refractivity contribution in [2.45, 2.75) is 45.3 Å². The third-order valence-corrected chi connectivity index (χ3v) is 4.81. The molecule has 25 heavy (non-hydrogen) atoms. The van der Waals surface area contributed by atoms with Crippen LogP contribution in [0.25, 0.3) is 0 Å². The van der Waals surface area contributed by atoms with Crippen molar-refractivity contribution in [1.82, 2.24) is 4.90 Å². The molecule has 1 aromatic carbocycles.